The fraction of sp³-hybridized carbons (Fsp3) is 0.125. The second-order valence-electron chi connectivity index (χ2n) is 4.47. The molecule has 0 saturated heterocycles. The molecule has 0 saturated carbocycles. The standard InChI is InChI=1S/C16H15BrN2O4/c1-22-12-4-6-15(23-2)10(7-12)9-18-19-16(21)13-8-11(17)3-5-14(13)20/h3-9,20H,1-2H3,(H,19,21)/b18-9-. The Labute approximate surface area is 141 Å². The smallest absolute Gasteiger partial charge is 0.275 e. The minimum atomic E-state index is -0.526. The molecular weight excluding hydrogens is 364 g/mol. The molecule has 2 aromatic carbocycles. The second kappa shape index (κ2) is 7.64. The van der Waals surface area contributed by atoms with Crippen molar-refractivity contribution in [3.8, 4) is 17.2 Å². The van der Waals surface area contributed by atoms with Crippen LogP contribution in [0.5, 0.6) is 17.2 Å². The second-order valence-corrected chi connectivity index (χ2v) is 5.38. The van der Waals surface area contributed by atoms with Gasteiger partial charge in [-0.15, -0.1) is 0 Å². The van der Waals surface area contributed by atoms with Crippen molar-refractivity contribution >= 4 is 28.1 Å². The number of rotatable bonds is 5. The van der Waals surface area contributed by atoms with Gasteiger partial charge in [0, 0.05) is 10.0 Å². The summed E-state index contributed by atoms with van der Waals surface area (Å²) in [7, 11) is 3.10. The third-order valence-corrected chi connectivity index (χ3v) is 3.50. The lowest BCUT2D eigenvalue weighted by Gasteiger charge is -2.07. The topological polar surface area (TPSA) is 80.2 Å². The van der Waals surface area contributed by atoms with Crippen molar-refractivity contribution in [3.05, 3.63) is 52.0 Å². The van der Waals surface area contributed by atoms with Crippen LogP contribution in [0.3, 0.4) is 0 Å². The molecule has 0 bridgehead atoms. The van der Waals surface area contributed by atoms with Gasteiger partial charge in [0.05, 0.1) is 26.0 Å². The Bertz CT molecular complexity index is 747. The van der Waals surface area contributed by atoms with Gasteiger partial charge in [-0.25, -0.2) is 5.43 Å². The van der Waals surface area contributed by atoms with Crippen molar-refractivity contribution in [3.63, 3.8) is 0 Å². The van der Waals surface area contributed by atoms with Crippen LogP contribution in [-0.2, 0) is 0 Å². The Morgan fingerprint density at radius 3 is 2.70 bits per heavy atom. The molecule has 1 amide bonds. The normalized spacial score (nSPS) is 10.6. The highest BCUT2D eigenvalue weighted by atomic mass is 79.9. The number of hydrogen-bond acceptors (Lipinski definition) is 5. The highest BCUT2D eigenvalue weighted by Crippen LogP contribution is 2.23. The number of nitrogens with one attached hydrogen (secondary N) is 1. The molecule has 0 aliphatic rings. The van der Waals surface area contributed by atoms with E-state index in [9.17, 15) is 9.90 Å². The van der Waals surface area contributed by atoms with Crippen LogP contribution >= 0.6 is 15.9 Å². The van der Waals surface area contributed by atoms with Crippen molar-refractivity contribution in [2.24, 2.45) is 5.10 Å². The number of carbonyl (C=O) groups excluding carboxylic acids is 1. The quantitative estimate of drug-likeness (QED) is 0.619. The summed E-state index contributed by atoms with van der Waals surface area (Å²) >= 11 is 3.24. The van der Waals surface area contributed by atoms with E-state index < -0.39 is 5.91 Å². The largest absolute Gasteiger partial charge is 0.507 e. The van der Waals surface area contributed by atoms with Gasteiger partial charge in [0.25, 0.3) is 5.91 Å². The van der Waals surface area contributed by atoms with Gasteiger partial charge in [-0.2, -0.15) is 5.10 Å². The van der Waals surface area contributed by atoms with Crippen LogP contribution in [0.25, 0.3) is 0 Å². The summed E-state index contributed by atoms with van der Waals surface area (Å²) in [5.74, 6) is 0.582. The molecule has 7 heteroatoms. The number of aromatic hydroxyl groups is 1. The summed E-state index contributed by atoms with van der Waals surface area (Å²) in [5, 5.41) is 13.6. The Balaban J connectivity index is 2.15. The number of carbonyl (C=O) groups is 1. The van der Waals surface area contributed by atoms with Crippen LogP contribution < -0.4 is 14.9 Å². The summed E-state index contributed by atoms with van der Waals surface area (Å²) in [6, 6.07) is 9.79. The summed E-state index contributed by atoms with van der Waals surface area (Å²) < 4.78 is 11.0. The number of hydrazone groups is 1. The fourth-order valence-electron chi connectivity index (χ4n) is 1.85. The minimum absolute atomic E-state index is 0.120. The number of nitrogens with zero attached hydrogens (tertiary/aromatic N) is 1. The van der Waals surface area contributed by atoms with Gasteiger partial charge in [0.1, 0.15) is 17.2 Å². The lowest BCUT2D eigenvalue weighted by molar-refractivity contribution is 0.0952. The molecule has 0 aliphatic heterocycles. The average molecular weight is 379 g/mol. The summed E-state index contributed by atoms with van der Waals surface area (Å²) in [4.78, 5) is 12.0. The molecule has 0 heterocycles. The first-order valence-corrected chi connectivity index (χ1v) is 7.38. The molecule has 0 atom stereocenters. The fourth-order valence-corrected chi connectivity index (χ4v) is 2.21. The summed E-state index contributed by atoms with van der Waals surface area (Å²) in [6.07, 6.45) is 1.44. The lowest BCUT2D eigenvalue weighted by Crippen LogP contribution is -2.17. The van der Waals surface area contributed by atoms with Crippen molar-refractivity contribution in [2.75, 3.05) is 14.2 Å². The van der Waals surface area contributed by atoms with Gasteiger partial charge in [-0.1, -0.05) is 15.9 Å². The van der Waals surface area contributed by atoms with E-state index in [1.807, 2.05) is 0 Å². The Kier molecular flexibility index (Phi) is 5.59. The molecule has 0 radical (unpaired) electrons. The number of hydrogen-bond donors (Lipinski definition) is 2. The van der Waals surface area contributed by atoms with E-state index in [2.05, 4.69) is 26.5 Å². The van der Waals surface area contributed by atoms with Gasteiger partial charge in [-0.3, -0.25) is 4.79 Å². The first-order chi connectivity index (χ1) is 11.0. The van der Waals surface area contributed by atoms with Crippen LogP contribution in [0.1, 0.15) is 15.9 Å². The molecule has 6 nitrogen and oxygen atoms in total. The number of benzene rings is 2. The number of halogens is 1. The highest BCUT2D eigenvalue weighted by molar-refractivity contribution is 9.10. The van der Waals surface area contributed by atoms with Crippen LogP contribution in [-0.4, -0.2) is 31.4 Å². The number of phenolic OH excluding ortho intramolecular Hbond substituents is 1. The van der Waals surface area contributed by atoms with Crippen molar-refractivity contribution < 1.29 is 19.4 Å². The number of phenols is 1. The third kappa shape index (κ3) is 4.23. The maximum Gasteiger partial charge on any atom is 0.275 e. The first-order valence-electron chi connectivity index (χ1n) is 6.59. The van der Waals surface area contributed by atoms with E-state index in [1.54, 1.807) is 31.4 Å². The van der Waals surface area contributed by atoms with E-state index in [0.29, 0.717) is 21.5 Å². The van der Waals surface area contributed by atoms with Gasteiger partial charge in [0.2, 0.25) is 0 Å². The maximum absolute atomic E-state index is 12.0. The summed E-state index contributed by atoms with van der Waals surface area (Å²) in [5.41, 5.74) is 3.12. The highest BCUT2D eigenvalue weighted by Gasteiger charge is 2.10. The van der Waals surface area contributed by atoms with Crippen LogP contribution in [0.4, 0.5) is 0 Å². The van der Waals surface area contributed by atoms with Gasteiger partial charge in [-0.05, 0) is 36.4 Å². The van der Waals surface area contributed by atoms with Crippen LogP contribution in [0.2, 0.25) is 0 Å². The van der Waals surface area contributed by atoms with E-state index in [-0.39, 0.29) is 11.3 Å². The molecule has 2 aromatic rings. The molecule has 0 aromatic heterocycles. The van der Waals surface area contributed by atoms with Crippen molar-refractivity contribution in [1.82, 2.24) is 5.43 Å². The number of amides is 1. The van der Waals surface area contributed by atoms with Crippen molar-refractivity contribution in [1.29, 1.82) is 0 Å². The van der Waals surface area contributed by atoms with Crippen LogP contribution in [0.15, 0.2) is 46.0 Å². The van der Waals surface area contributed by atoms with Crippen LogP contribution in [0, 0.1) is 0 Å². The van der Waals surface area contributed by atoms with E-state index in [0.717, 1.165) is 0 Å². The number of ether oxygens (including phenoxy) is 2. The monoisotopic (exact) mass is 378 g/mol. The Hall–Kier alpha value is -2.54. The molecule has 0 spiro atoms. The molecule has 2 N–H and O–H groups in total. The lowest BCUT2D eigenvalue weighted by atomic mass is 10.2. The number of methoxy groups -OCH3 is 2. The molecular formula is C16H15BrN2O4. The first kappa shape index (κ1) is 16.8. The maximum atomic E-state index is 12.0. The predicted octanol–water partition coefficient (Wildman–Crippen LogP) is 2.94. The molecule has 0 aliphatic carbocycles. The molecule has 2 rings (SSSR count). The average Bonchev–Trinajstić information content (AvgIpc) is 2.56. The summed E-state index contributed by atoms with van der Waals surface area (Å²) in [6.45, 7) is 0. The molecule has 120 valence electrons. The van der Waals surface area contributed by atoms with E-state index >= 15 is 0 Å². The molecule has 23 heavy (non-hydrogen) atoms. The molecule has 0 unspecified atom stereocenters. The molecule has 0 fully saturated rings. The van der Waals surface area contributed by atoms with Crippen molar-refractivity contribution in [2.45, 2.75) is 0 Å². The third-order valence-electron chi connectivity index (χ3n) is 3.01. The SMILES string of the molecule is COc1ccc(OC)c(/C=N\NC(=O)c2cc(Br)ccc2O)c1. The minimum Gasteiger partial charge on any atom is -0.507 e. The predicted molar refractivity (Wildman–Crippen MR) is 90.4 cm³/mol. The van der Waals surface area contributed by atoms with E-state index in [1.165, 1.54) is 25.5 Å². The van der Waals surface area contributed by atoms with Gasteiger partial charge in [0.15, 0.2) is 0 Å². The Morgan fingerprint density at radius 1 is 1.22 bits per heavy atom. The zero-order valence-corrected chi connectivity index (χ0v) is 14.1. The van der Waals surface area contributed by atoms with Gasteiger partial charge >= 0.3 is 0 Å². The zero-order chi connectivity index (χ0) is 16.8. The zero-order valence-electron chi connectivity index (χ0n) is 12.5. The van der Waals surface area contributed by atoms with Gasteiger partial charge < -0.3 is 14.6 Å². The van der Waals surface area contributed by atoms with E-state index in [4.69, 9.17) is 9.47 Å². The Morgan fingerprint density at radius 2 is 2.00 bits per heavy atom.